The molecule has 0 bridgehead atoms. The Hall–Kier alpha value is -2.53. The third-order valence-corrected chi connectivity index (χ3v) is 3.67. The van der Waals surface area contributed by atoms with Crippen molar-refractivity contribution in [1.29, 1.82) is 0 Å². The van der Waals surface area contributed by atoms with Crippen LogP contribution in [0.15, 0.2) is 42.5 Å². The van der Waals surface area contributed by atoms with Gasteiger partial charge < -0.3 is 14.4 Å². The van der Waals surface area contributed by atoms with Crippen molar-refractivity contribution < 1.29 is 14.6 Å². The molecule has 0 radical (unpaired) electrons. The zero-order valence-electron chi connectivity index (χ0n) is 12.5. The van der Waals surface area contributed by atoms with Crippen LogP contribution in [0.1, 0.15) is 6.92 Å². The van der Waals surface area contributed by atoms with Crippen molar-refractivity contribution in [2.24, 2.45) is 0 Å². The number of ether oxygens (including phenoxy) is 1. The van der Waals surface area contributed by atoms with E-state index >= 15 is 0 Å². The van der Waals surface area contributed by atoms with Gasteiger partial charge in [-0.25, -0.2) is 4.98 Å². The number of carbonyl (C=O) groups is 1. The number of para-hydroxylation sites is 2. The quantitative estimate of drug-likeness (QED) is 0.772. The SMILES string of the molecule is CCOc1ccc(Cl)cc1-c1nc2ccccc2n1CC(=O)O. The lowest BCUT2D eigenvalue weighted by atomic mass is 10.2. The largest absolute Gasteiger partial charge is 0.493 e. The van der Waals surface area contributed by atoms with E-state index in [4.69, 9.17) is 16.3 Å². The van der Waals surface area contributed by atoms with Crippen LogP contribution in [0.5, 0.6) is 5.75 Å². The van der Waals surface area contributed by atoms with Crippen LogP contribution in [0.4, 0.5) is 0 Å². The molecule has 0 atom stereocenters. The Balaban J connectivity index is 2.27. The number of aromatic nitrogens is 2. The predicted octanol–water partition coefficient (Wildman–Crippen LogP) is 3.84. The number of fused-ring (bicyclic) bond motifs is 1. The van der Waals surface area contributed by atoms with Gasteiger partial charge in [0.15, 0.2) is 0 Å². The van der Waals surface area contributed by atoms with Crippen molar-refractivity contribution in [3.63, 3.8) is 0 Å². The minimum Gasteiger partial charge on any atom is -0.493 e. The fraction of sp³-hybridized carbons (Fsp3) is 0.176. The number of hydrogen-bond donors (Lipinski definition) is 1. The zero-order chi connectivity index (χ0) is 16.4. The van der Waals surface area contributed by atoms with Crippen LogP contribution < -0.4 is 4.74 Å². The fourth-order valence-corrected chi connectivity index (χ4v) is 2.71. The molecule has 23 heavy (non-hydrogen) atoms. The molecule has 2 aromatic carbocycles. The number of benzene rings is 2. The monoisotopic (exact) mass is 330 g/mol. The molecule has 0 unspecified atom stereocenters. The third-order valence-electron chi connectivity index (χ3n) is 3.43. The normalized spacial score (nSPS) is 10.9. The standard InChI is InChI=1S/C17H15ClN2O3/c1-2-23-15-8-7-11(18)9-12(15)17-19-13-5-3-4-6-14(13)20(17)10-16(21)22/h3-9H,2,10H2,1H3,(H,21,22). The van der Waals surface area contributed by atoms with Gasteiger partial charge in [0.05, 0.1) is 23.2 Å². The van der Waals surface area contributed by atoms with E-state index in [1.54, 1.807) is 22.8 Å². The molecule has 6 heteroatoms. The van der Waals surface area contributed by atoms with Gasteiger partial charge in [0.1, 0.15) is 18.1 Å². The van der Waals surface area contributed by atoms with Crippen molar-refractivity contribution in [2.75, 3.05) is 6.61 Å². The highest BCUT2D eigenvalue weighted by atomic mass is 35.5. The third kappa shape index (κ3) is 3.00. The Morgan fingerprint density at radius 1 is 1.30 bits per heavy atom. The second kappa shape index (κ2) is 6.30. The lowest BCUT2D eigenvalue weighted by Crippen LogP contribution is -2.10. The number of rotatable bonds is 5. The Kier molecular flexibility index (Phi) is 4.21. The molecular weight excluding hydrogens is 316 g/mol. The molecule has 0 saturated carbocycles. The second-order valence-corrected chi connectivity index (χ2v) is 5.41. The van der Waals surface area contributed by atoms with Crippen LogP contribution >= 0.6 is 11.6 Å². The van der Waals surface area contributed by atoms with E-state index in [1.165, 1.54) is 0 Å². The number of aliphatic carboxylic acids is 1. The molecule has 0 aliphatic rings. The van der Waals surface area contributed by atoms with E-state index in [2.05, 4.69) is 4.98 Å². The highest BCUT2D eigenvalue weighted by molar-refractivity contribution is 6.31. The summed E-state index contributed by atoms with van der Waals surface area (Å²) in [5.74, 6) is 0.216. The summed E-state index contributed by atoms with van der Waals surface area (Å²) in [6.45, 7) is 2.19. The predicted molar refractivity (Wildman–Crippen MR) is 89.0 cm³/mol. The summed E-state index contributed by atoms with van der Waals surface area (Å²) < 4.78 is 7.30. The molecule has 1 aromatic heterocycles. The van der Waals surface area contributed by atoms with E-state index in [0.29, 0.717) is 28.8 Å². The van der Waals surface area contributed by atoms with Gasteiger partial charge in [-0.2, -0.15) is 0 Å². The van der Waals surface area contributed by atoms with Crippen molar-refractivity contribution in [2.45, 2.75) is 13.5 Å². The van der Waals surface area contributed by atoms with Gasteiger partial charge in [0.2, 0.25) is 0 Å². The Bertz CT molecular complexity index is 873. The van der Waals surface area contributed by atoms with E-state index in [1.807, 2.05) is 31.2 Å². The lowest BCUT2D eigenvalue weighted by molar-refractivity contribution is -0.137. The first-order chi connectivity index (χ1) is 11.1. The molecule has 0 aliphatic carbocycles. The molecule has 1 N–H and O–H groups in total. The zero-order valence-corrected chi connectivity index (χ0v) is 13.2. The van der Waals surface area contributed by atoms with Gasteiger partial charge in [-0.05, 0) is 37.3 Å². The summed E-state index contributed by atoms with van der Waals surface area (Å²) in [5, 5.41) is 9.78. The van der Waals surface area contributed by atoms with Crippen molar-refractivity contribution >= 4 is 28.6 Å². The van der Waals surface area contributed by atoms with Gasteiger partial charge in [-0.3, -0.25) is 4.79 Å². The molecule has 0 amide bonds. The van der Waals surface area contributed by atoms with Crippen LogP contribution in [-0.4, -0.2) is 27.2 Å². The Labute approximate surface area is 138 Å². The fourth-order valence-electron chi connectivity index (χ4n) is 2.53. The molecule has 0 aliphatic heterocycles. The highest BCUT2D eigenvalue weighted by Crippen LogP contribution is 2.34. The molecule has 0 saturated heterocycles. The van der Waals surface area contributed by atoms with Crippen LogP contribution in [0, 0.1) is 0 Å². The summed E-state index contributed by atoms with van der Waals surface area (Å²) >= 11 is 6.11. The molecular formula is C17H15ClN2O3. The highest BCUT2D eigenvalue weighted by Gasteiger charge is 2.18. The molecule has 3 rings (SSSR count). The van der Waals surface area contributed by atoms with Crippen molar-refractivity contribution in [3.05, 3.63) is 47.5 Å². The van der Waals surface area contributed by atoms with Crippen molar-refractivity contribution in [3.8, 4) is 17.1 Å². The minimum absolute atomic E-state index is 0.187. The number of hydrogen-bond acceptors (Lipinski definition) is 3. The van der Waals surface area contributed by atoms with Gasteiger partial charge in [0.25, 0.3) is 0 Å². The summed E-state index contributed by atoms with van der Waals surface area (Å²) in [6, 6.07) is 12.7. The van der Waals surface area contributed by atoms with Crippen LogP contribution in [0.25, 0.3) is 22.4 Å². The molecule has 3 aromatic rings. The van der Waals surface area contributed by atoms with Crippen molar-refractivity contribution in [1.82, 2.24) is 9.55 Å². The molecule has 5 nitrogen and oxygen atoms in total. The number of nitrogens with zero attached hydrogens (tertiary/aromatic N) is 2. The average molecular weight is 331 g/mol. The number of carboxylic acids is 1. The van der Waals surface area contributed by atoms with E-state index in [0.717, 1.165) is 11.0 Å². The summed E-state index contributed by atoms with van der Waals surface area (Å²) in [7, 11) is 0. The van der Waals surface area contributed by atoms with E-state index in [9.17, 15) is 9.90 Å². The topological polar surface area (TPSA) is 64.4 Å². The first-order valence-electron chi connectivity index (χ1n) is 7.20. The van der Waals surface area contributed by atoms with Gasteiger partial charge in [0, 0.05) is 5.02 Å². The van der Waals surface area contributed by atoms with Gasteiger partial charge in [-0.1, -0.05) is 23.7 Å². The maximum atomic E-state index is 11.3. The summed E-state index contributed by atoms with van der Waals surface area (Å²) in [5.41, 5.74) is 2.16. The minimum atomic E-state index is -0.936. The van der Waals surface area contributed by atoms with E-state index < -0.39 is 5.97 Å². The molecule has 1 heterocycles. The first-order valence-corrected chi connectivity index (χ1v) is 7.57. The maximum Gasteiger partial charge on any atom is 0.323 e. The smallest absolute Gasteiger partial charge is 0.323 e. The lowest BCUT2D eigenvalue weighted by Gasteiger charge is -2.12. The van der Waals surface area contributed by atoms with Crippen LogP contribution in [-0.2, 0) is 11.3 Å². The van der Waals surface area contributed by atoms with Gasteiger partial charge in [-0.15, -0.1) is 0 Å². The maximum absolute atomic E-state index is 11.3. The first kappa shape index (κ1) is 15.4. The second-order valence-electron chi connectivity index (χ2n) is 4.98. The average Bonchev–Trinajstić information content (AvgIpc) is 2.87. The Morgan fingerprint density at radius 2 is 2.09 bits per heavy atom. The molecule has 0 fully saturated rings. The molecule has 118 valence electrons. The van der Waals surface area contributed by atoms with Gasteiger partial charge >= 0.3 is 5.97 Å². The van der Waals surface area contributed by atoms with Crippen LogP contribution in [0.3, 0.4) is 0 Å². The number of carboxylic acid groups (broad SMARTS) is 1. The summed E-state index contributed by atoms with van der Waals surface area (Å²) in [6.07, 6.45) is 0. The van der Waals surface area contributed by atoms with Crippen LogP contribution in [0.2, 0.25) is 5.02 Å². The molecule has 0 spiro atoms. The Morgan fingerprint density at radius 3 is 2.83 bits per heavy atom. The number of imidazole rings is 1. The van der Waals surface area contributed by atoms with E-state index in [-0.39, 0.29) is 6.54 Å². The summed E-state index contributed by atoms with van der Waals surface area (Å²) in [4.78, 5) is 15.8. The number of halogens is 1.